The number of sulfonamides is 1. The van der Waals surface area contributed by atoms with Crippen molar-refractivity contribution in [2.45, 2.75) is 46.2 Å². The summed E-state index contributed by atoms with van der Waals surface area (Å²) in [5, 5.41) is 3.58. The van der Waals surface area contributed by atoms with Gasteiger partial charge in [0.2, 0.25) is 21.8 Å². The van der Waals surface area contributed by atoms with Crippen molar-refractivity contribution in [2.75, 3.05) is 23.7 Å². The van der Waals surface area contributed by atoms with E-state index in [-0.39, 0.29) is 18.9 Å². The van der Waals surface area contributed by atoms with Crippen molar-refractivity contribution in [1.29, 1.82) is 0 Å². The lowest BCUT2D eigenvalue weighted by molar-refractivity contribution is -0.140. The summed E-state index contributed by atoms with van der Waals surface area (Å²) < 4.78 is 27.0. The molecule has 1 atom stereocenters. The van der Waals surface area contributed by atoms with E-state index in [1.54, 1.807) is 37.3 Å². The summed E-state index contributed by atoms with van der Waals surface area (Å²) in [7, 11) is -3.86. The van der Waals surface area contributed by atoms with E-state index in [4.69, 9.17) is 23.2 Å². The van der Waals surface area contributed by atoms with Crippen LogP contribution in [-0.4, -0.2) is 50.5 Å². The van der Waals surface area contributed by atoms with Gasteiger partial charge in [0.25, 0.3) is 0 Å². The molecule has 3 aromatic carbocycles. The van der Waals surface area contributed by atoms with E-state index in [2.05, 4.69) is 5.32 Å². The fraction of sp³-hybridized carbons (Fsp3) is 0.333. The number of aryl methyl sites for hydroxylation is 2. The van der Waals surface area contributed by atoms with Crippen LogP contribution >= 0.6 is 23.2 Å². The first-order valence-electron chi connectivity index (χ1n) is 13.0. The van der Waals surface area contributed by atoms with Crippen LogP contribution in [0.4, 0.5) is 5.69 Å². The third-order valence-corrected chi connectivity index (χ3v) is 8.35. The van der Waals surface area contributed by atoms with Crippen LogP contribution < -0.4 is 9.62 Å². The van der Waals surface area contributed by atoms with E-state index in [1.807, 2.05) is 50.2 Å². The molecule has 10 heteroatoms. The minimum absolute atomic E-state index is 0.0845. The smallest absolute Gasteiger partial charge is 0.244 e. The van der Waals surface area contributed by atoms with E-state index in [0.717, 1.165) is 21.7 Å². The van der Waals surface area contributed by atoms with Crippen LogP contribution in [0.25, 0.3) is 0 Å². The average molecular weight is 605 g/mol. The average Bonchev–Trinajstić information content (AvgIpc) is 2.89. The molecule has 0 unspecified atom stereocenters. The Kier molecular flexibility index (Phi) is 11.0. The van der Waals surface area contributed by atoms with Gasteiger partial charge in [0.15, 0.2) is 0 Å². The number of nitrogens with zero attached hydrogens (tertiary/aromatic N) is 2. The summed E-state index contributed by atoms with van der Waals surface area (Å²) in [6.07, 6.45) is 1.99. The SMILES string of the molecule is CCCNC(=O)[C@H](Cc1ccccc1)N(Cc1c(Cl)cccc1Cl)C(=O)CN(c1ccc(C)cc1C)S(C)(=O)=O. The standard InChI is InChI=1S/C30H35Cl2N3O4S/c1-5-16-33-30(37)28(18-23-10-7-6-8-11-23)34(19-24-25(31)12-9-13-26(24)32)29(36)20-35(40(4,38)39)27-15-14-21(2)17-22(27)3/h6-15,17,28H,5,16,18-20H2,1-4H3,(H,33,37)/t28-/m0/s1. The molecule has 214 valence electrons. The van der Waals surface area contributed by atoms with E-state index in [1.165, 1.54) is 4.90 Å². The second kappa shape index (κ2) is 14.0. The Morgan fingerprint density at radius 3 is 2.17 bits per heavy atom. The monoisotopic (exact) mass is 603 g/mol. The molecule has 7 nitrogen and oxygen atoms in total. The molecular formula is C30H35Cl2N3O4S. The van der Waals surface area contributed by atoms with Gasteiger partial charge in [-0.15, -0.1) is 0 Å². The molecule has 0 aliphatic carbocycles. The van der Waals surface area contributed by atoms with Crippen LogP contribution in [0.15, 0.2) is 66.7 Å². The lowest BCUT2D eigenvalue weighted by Gasteiger charge is -2.34. The third-order valence-electron chi connectivity index (χ3n) is 6.51. The third kappa shape index (κ3) is 8.22. The number of amides is 2. The highest BCUT2D eigenvalue weighted by atomic mass is 35.5. The van der Waals surface area contributed by atoms with Crippen molar-refractivity contribution < 1.29 is 18.0 Å². The van der Waals surface area contributed by atoms with E-state index in [9.17, 15) is 18.0 Å². The Balaban J connectivity index is 2.11. The number of benzene rings is 3. The molecule has 1 N–H and O–H groups in total. The summed E-state index contributed by atoms with van der Waals surface area (Å²) in [5.41, 5.74) is 3.38. The molecule has 40 heavy (non-hydrogen) atoms. The van der Waals surface area contributed by atoms with Crippen LogP contribution in [-0.2, 0) is 32.6 Å². The van der Waals surface area contributed by atoms with Crippen molar-refractivity contribution in [3.63, 3.8) is 0 Å². The van der Waals surface area contributed by atoms with Crippen molar-refractivity contribution in [3.05, 3.63) is 99.0 Å². The summed E-state index contributed by atoms with van der Waals surface area (Å²) in [6, 6.07) is 18.7. The number of rotatable bonds is 12. The highest BCUT2D eigenvalue weighted by Crippen LogP contribution is 2.28. The molecule has 0 saturated carbocycles. The highest BCUT2D eigenvalue weighted by Gasteiger charge is 2.34. The van der Waals surface area contributed by atoms with Gasteiger partial charge in [0.1, 0.15) is 12.6 Å². The van der Waals surface area contributed by atoms with Gasteiger partial charge in [-0.05, 0) is 49.6 Å². The van der Waals surface area contributed by atoms with Crippen LogP contribution in [0.2, 0.25) is 10.0 Å². The van der Waals surface area contributed by atoms with Crippen LogP contribution in [0.5, 0.6) is 0 Å². The zero-order chi connectivity index (χ0) is 29.4. The molecule has 3 rings (SSSR count). The second-order valence-corrected chi connectivity index (χ2v) is 12.5. The Bertz CT molecular complexity index is 1430. The number of nitrogens with one attached hydrogen (secondary N) is 1. The summed E-state index contributed by atoms with van der Waals surface area (Å²) >= 11 is 13.0. The minimum atomic E-state index is -3.86. The summed E-state index contributed by atoms with van der Waals surface area (Å²) in [6.45, 7) is 5.48. The van der Waals surface area contributed by atoms with Crippen molar-refractivity contribution in [3.8, 4) is 0 Å². The number of hydrogen-bond acceptors (Lipinski definition) is 4. The summed E-state index contributed by atoms with van der Waals surface area (Å²) in [5.74, 6) is -0.909. The Hall–Kier alpha value is -3.07. The molecule has 2 amide bonds. The van der Waals surface area contributed by atoms with Crippen LogP contribution in [0.3, 0.4) is 0 Å². The second-order valence-electron chi connectivity index (χ2n) is 9.78. The molecule has 0 aromatic heterocycles. The van der Waals surface area contributed by atoms with Gasteiger partial charge in [-0.3, -0.25) is 13.9 Å². The van der Waals surface area contributed by atoms with Gasteiger partial charge in [-0.25, -0.2) is 8.42 Å². The molecule has 0 aliphatic heterocycles. The topological polar surface area (TPSA) is 86.8 Å². The number of anilines is 1. The largest absolute Gasteiger partial charge is 0.354 e. The van der Waals surface area contributed by atoms with Crippen molar-refractivity contribution in [1.82, 2.24) is 10.2 Å². The molecule has 3 aromatic rings. The number of carbonyl (C=O) groups is 2. The Labute approximate surface area is 247 Å². The lowest BCUT2D eigenvalue weighted by atomic mass is 10.0. The quantitative estimate of drug-likeness (QED) is 0.294. The molecule has 0 aliphatic rings. The maximum Gasteiger partial charge on any atom is 0.244 e. The fourth-order valence-electron chi connectivity index (χ4n) is 4.45. The van der Waals surface area contributed by atoms with E-state index < -0.39 is 28.5 Å². The van der Waals surface area contributed by atoms with Gasteiger partial charge in [-0.1, -0.05) is 84.2 Å². The molecule has 0 saturated heterocycles. The van der Waals surface area contributed by atoms with Gasteiger partial charge in [0.05, 0.1) is 11.9 Å². The van der Waals surface area contributed by atoms with E-state index in [0.29, 0.717) is 39.8 Å². The van der Waals surface area contributed by atoms with Gasteiger partial charge < -0.3 is 10.2 Å². The zero-order valence-corrected chi connectivity index (χ0v) is 25.5. The lowest BCUT2D eigenvalue weighted by Crippen LogP contribution is -2.53. The normalized spacial score (nSPS) is 12.1. The van der Waals surface area contributed by atoms with Gasteiger partial charge in [0, 0.05) is 35.1 Å². The first-order valence-corrected chi connectivity index (χ1v) is 15.6. The van der Waals surface area contributed by atoms with Gasteiger partial charge in [-0.2, -0.15) is 0 Å². The maximum atomic E-state index is 14.1. The predicted octanol–water partition coefficient (Wildman–Crippen LogP) is 5.54. The summed E-state index contributed by atoms with van der Waals surface area (Å²) in [4.78, 5) is 29.1. The molecule has 0 radical (unpaired) electrons. The Morgan fingerprint density at radius 1 is 0.950 bits per heavy atom. The van der Waals surface area contributed by atoms with E-state index >= 15 is 0 Å². The molecule has 0 heterocycles. The predicted molar refractivity (Wildman–Crippen MR) is 162 cm³/mol. The number of hydrogen-bond donors (Lipinski definition) is 1. The van der Waals surface area contributed by atoms with Crippen LogP contribution in [0, 0.1) is 13.8 Å². The minimum Gasteiger partial charge on any atom is -0.354 e. The first kappa shape index (κ1) is 31.5. The zero-order valence-electron chi connectivity index (χ0n) is 23.2. The molecule has 0 bridgehead atoms. The van der Waals surface area contributed by atoms with Gasteiger partial charge >= 0.3 is 0 Å². The first-order chi connectivity index (χ1) is 18.9. The van der Waals surface area contributed by atoms with Crippen molar-refractivity contribution >= 4 is 50.7 Å². The molecular weight excluding hydrogens is 569 g/mol. The number of carbonyl (C=O) groups excluding carboxylic acids is 2. The van der Waals surface area contributed by atoms with Crippen molar-refractivity contribution in [2.24, 2.45) is 0 Å². The fourth-order valence-corrected chi connectivity index (χ4v) is 5.88. The maximum absolute atomic E-state index is 14.1. The molecule has 0 fully saturated rings. The number of halogens is 2. The van der Waals surface area contributed by atoms with Crippen LogP contribution in [0.1, 0.15) is 35.6 Å². The Morgan fingerprint density at radius 2 is 1.60 bits per heavy atom. The highest BCUT2D eigenvalue weighted by molar-refractivity contribution is 7.92. The molecule has 0 spiro atoms.